The molecule has 174 valence electrons. The molecule has 0 saturated carbocycles. The van der Waals surface area contributed by atoms with Gasteiger partial charge in [-0.1, -0.05) is 11.6 Å². The second-order valence-corrected chi connectivity index (χ2v) is 10.8. The van der Waals surface area contributed by atoms with Crippen LogP contribution in [0.25, 0.3) is 0 Å². The first-order valence-corrected chi connectivity index (χ1v) is 12.5. The first-order valence-electron chi connectivity index (χ1n) is 10.7. The van der Waals surface area contributed by atoms with Gasteiger partial charge in [-0.05, 0) is 81.6 Å². The van der Waals surface area contributed by atoms with Gasteiger partial charge in [0.05, 0.1) is 21.2 Å². The second-order valence-electron chi connectivity index (χ2n) is 8.40. The topological polar surface area (TPSA) is 69.7 Å². The number of nitrogens with one attached hydrogen (secondary N) is 1. The molecule has 1 N–H and O–H groups in total. The van der Waals surface area contributed by atoms with Crippen molar-refractivity contribution in [3.05, 3.63) is 58.9 Å². The highest BCUT2D eigenvalue weighted by molar-refractivity contribution is 7.92. The summed E-state index contributed by atoms with van der Waals surface area (Å²) in [5.41, 5.74) is 0.413. The number of halogens is 2. The van der Waals surface area contributed by atoms with Gasteiger partial charge in [-0.15, -0.1) is 0 Å². The fourth-order valence-electron chi connectivity index (χ4n) is 3.85. The van der Waals surface area contributed by atoms with Crippen molar-refractivity contribution in [3.8, 4) is 0 Å². The van der Waals surface area contributed by atoms with Crippen LogP contribution in [0.15, 0.2) is 47.4 Å². The molecule has 1 fully saturated rings. The maximum Gasteiger partial charge on any atom is 0.264 e. The highest BCUT2D eigenvalue weighted by Gasteiger charge is 2.25. The van der Waals surface area contributed by atoms with Crippen LogP contribution < -0.4 is 9.62 Å². The Morgan fingerprint density at radius 2 is 1.94 bits per heavy atom. The molecule has 1 aliphatic heterocycles. The summed E-state index contributed by atoms with van der Waals surface area (Å²) in [4.78, 5) is 15.1. The monoisotopic (exact) mass is 481 g/mol. The van der Waals surface area contributed by atoms with E-state index in [-0.39, 0.29) is 15.5 Å². The zero-order valence-corrected chi connectivity index (χ0v) is 20.1. The predicted octanol–water partition coefficient (Wildman–Crippen LogP) is 4.15. The molecule has 32 heavy (non-hydrogen) atoms. The van der Waals surface area contributed by atoms with Crippen LogP contribution >= 0.6 is 11.6 Å². The van der Waals surface area contributed by atoms with Crippen LogP contribution in [0.2, 0.25) is 5.02 Å². The van der Waals surface area contributed by atoms with Crippen molar-refractivity contribution in [1.82, 2.24) is 10.2 Å². The summed E-state index contributed by atoms with van der Waals surface area (Å²) < 4.78 is 40.4. The smallest absolute Gasteiger partial charge is 0.264 e. The average molecular weight is 482 g/mol. The Labute approximate surface area is 194 Å². The molecule has 1 aliphatic rings. The van der Waals surface area contributed by atoms with Gasteiger partial charge in [0, 0.05) is 26.2 Å². The van der Waals surface area contributed by atoms with E-state index in [1.54, 1.807) is 0 Å². The van der Waals surface area contributed by atoms with Gasteiger partial charge in [0.15, 0.2) is 0 Å². The zero-order chi connectivity index (χ0) is 23.5. The number of rotatable bonds is 7. The largest absolute Gasteiger partial charge is 0.352 e. The number of piperidine rings is 1. The molecule has 9 heteroatoms. The van der Waals surface area contributed by atoms with Gasteiger partial charge in [-0.25, -0.2) is 12.8 Å². The van der Waals surface area contributed by atoms with Crippen LogP contribution in [0.4, 0.5) is 10.1 Å². The Kier molecular flexibility index (Phi) is 7.79. The molecular formula is C23H29ClFN3O3S. The van der Waals surface area contributed by atoms with Crippen molar-refractivity contribution in [2.75, 3.05) is 31.0 Å². The van der Waals surface area contributed by atoms with Gasteiger partial charge < -0.3 is 10.2 Å². The third kappa shape index (κ3) is 5.60. The van der Waals surface area contributed by atoms with E-state index in [0.717, 1.165) is 30.2 Å². The lowest BCUT2D eigenvalue weighted by Gasteiger charge is -2.35. The Morgan fingerprint density at radius 3 is 2.59 bits per heavy atom. The zero-order valence-electron chi connectivity index (χ0n) is 18.5. The van der Waals surface area contributed by atoms with Gasteiger partial charge in [-0.3, -0.25) is 9.10 Å². The molecule has 0 aromatic heterocycles. The molecule has 2 aromatic carbocycles. The Hall–Kier alpha value is -2.16. The SMILES string of the molecule is CC(C)N1CCCC(CNC(=O)c2cc(S(=O)(=O)N(C)c3ccc(F)cc3)ccc2Cl)C1. The number of carbonyl (C=O) groups is 1. The molecule has 1 unspecified atom stereocenters. The third-order valence-corrected chi connectivity index (χ3v) is 7.97. The van der Waals surface area contributed by atoms with Crippen LogP contribution in [-0.4, -0.2) is 51.9 Å². The number of carbonyl (C=O) groups excluding carboxylic acids is 1. The number of likely N-dealkylation sites (tertiary alicyclic amines) is 1. The molecule has 6 nitrogen and oxygen atoms in total. The maximum absolute atomic E-state index is 13.2. The molecule has 0 spiro atoms. The number of nitrogens with zero attached hydrogens (tertiary/aromatic N) is 2. The maximum atomic E-state index is 13.2. The van der Waals surface area contributed by atoms with Crippen LogP contribution in [0.3, 0.4) is 0 Å². The van der Waals surface area contributed by atoms with E-state index in [2.05, 4.69) is 24.1 Å². The van der Waals surface area contributed by atoms with Crippen molar-refractivity contribution in [2.24, 2.45) is 5.92 Å². The molecular weight excluding hydrogens is 453 g/mol. The second kappa shape index (κ2) is 10.2. The fraction of sp³-hybridized carbons (Fsp3) is 0.435. The Bertz CT molecular complexity index is 1060. The van der Waals surface area contributed by atoms with E-state index in [1.165, 1.54) is 49.5 Å². The number of hydrogen-bond donors (Lipinski definition) is 1. The lowest BCUT2D eigenvalue weighted by atomic mass is 9.97. The molecule has 0 bridgehead atoms. The quantitative estimate of drug-likeness (QED) is 0.644. The minimum absolute atomic E-state index is 0.0671. The summed E-state index contributed by atoms with van der Waals surface area (Å²) in [6, 6.07) is 9.64. The van der Waals surface area contributed by atoms with Crippen molar-refractivity contribution in [3.63, 3.8) is 0 Å². The van der Waals surface area contributed by atoms with Gasteiger partial charge in [0.2, 0.25) is 0 Å². The van der Waals surface area contributed by atoms with E-state index in [9.17, 15) is 17.6 Å². The van der Waals surface area contributed by atoms with Crippen LogP contribution in [0.1, 0.15) is 37.0 Å². The fourth-order valence-corrected chi connectivity index (χ4v) is 5.28. The number of anilines is 1. The summed E-state index contributed by atoms with van der Waals surface area (Å²) in [6.07, 6.45) is 2.12. The molecule has 1 heterocycles. The van der Waals surface area contributed by atoms with Crippen molar-refractivity contribution in [1.29, 1.82) is 0 Å². The number of hydrogen-bond acceptors (Lipinski definition) is 4. The third-order valence-electron chi connectivity index (χ3n) is 5.86. The minimum atomic E-state index is -3.96. The van der Waals surface area contributed by atoms with Crippen LogP contribution in [-0.2, 0) is 10.0 Å². The standard InChI is InChI=1S/C23H29ClFN3O3S/c1-16(2)28-12-4-5-17(15-28)14-26-23(29)21-13-20(10-11-22(21)24)32(30,31)27(3)19-8-6-18(25)7-9-19/h6-11,13,16-17H,4-5,12,14-15H2,1-3H3,(H,26,29). The van der Waals surface area contributed by atoms with Gasteiger partial charge in [0.1, 0.15) is 5.82 Å². The lowest BCUT2D eigenvalue weighted by Crippen LogP contribution is -2.43. The minimum Gasteiger partial charge on any atom is -0.352 e. The summed E-state index contributed by atoms with van der Waals surface area (Å²) in [5.74, 6) is -0.525. The number of sulfonamides is 1. The average Bonchev–Trinajstić information content (AvgIpc) is 2.77. The first-order chi connectivity index (χ1) is 15.1. The first kappa shape index (κ1) is 24.5. The molecule has 3 rings (SSSR count). The summed E-state index contributed by atoms with van der Waals surface area (Å²) in [5, 5.41) is 3.09. The normalized spacial score (nSPS) is 17.4. The van der Waals surface area contributed by atoms with Crippen molar-refractivity contribution in [2.45, 2.75) is 37.6 Å². The molecule has 1 amide bonds. The van der Waals surface area contributed by atoms with Crippen LogP contribution in [0, 0.1) is 11.7 Å². The van der Waals surface area contributed by atoms with E-state index in [0.29, 0.717) is 24.2 Å². The molecule has 1 saturated heterocycles. The van der Waals surface area contributed by atoms with Crippen molar-refractivity contribution < 1.29 is 17.6 Å². The number of amides is 1. The molecule has 0 radical (unpaired) electrons. The highest BCUT2D eigenvalue weighted by Crippen LogP contribution is 2.26. The molecule has 1 atom stereocenters. The number of benzene rings is 2. The predicted molar refractivity (Wildman–Crippen MR) is 125 cm³/mol. The van der Waals surface area contributed by atoms with Crippen LogP contribution in [0.5, 0.6) is 0 Å². The molecule has 2 aromatic rings. The Balaban J connectivity index is 1.74. The van der Waals surface area contributed by atoms with E-state index in [1.807, 2.05) is 0 Å². The van der Waals surface area contributed by atoms with E-state index >= 15 is 0 Å². The summed E-state index contributed by atoms with van der Waals surface area (Å²) >= 11 is 6.22. The lowest BCUT2D eigenvalue weighted by molar-refractivity contribution is 0.0922. The highest BCUT2D eigenvalue weighted by atomic mass is 35.5. The van der Waals surface area contributed by atoms with E-state index < -0.39 is 21.7 Å². The van der Waals surface area contributed by atoms with Gasteiger partial charge in [-0.2, -0.15) is 0 Å². The summed E-state index contributed by atoms with van der Waals surface area (Å²) in [7, 11) is -2.59. The van der Waals surface area contributed by atoms with Gasteiger partial charge >= 0.3 is 0 Å². The molecule has 0 aliphatic carbocycles. The van der Waals surface area contributed by atoms with E-state index in [4.69, 9.17) is 11.6 Å². The van der Waals surface area contributed by atoms with Gasteiger partial charge in [0.25, 0.3) is 15.9 Å². The Morgan fingerprint density at radius 1 is 1.25 bits per heavy atom. The summed E-state index contributed by atoms with van der Waals surface area (Å²) in [6.45, 7) is 6.81. The van der Waals surface area contributed by atoms with Crippen molar-refractivity contribution >= 4 is 33.2 Å².